The fourth-order valence-corrected chi connectivity index (χ4v) is 1.45. The number of benzene rings is 1. The quantitative estimate of drug-likeness (QED) is 0.604. The average Bonchev–Trinajstić information content (AvgIpc) is 2.36. The minimum atomic E-state index is -0.551. The first-order valence-corrected chi connectivity index (χ1v) is 5.74. The summed E-state index contributed by atoms with van der Waals surface area (Å²) < 4.78 is 4.99. The number of nitro benzene ring substituents is 1. The maximum atomic E-state index is 11.6. The van der Waals surface area contributed by atoms with Crippen LogP contribution in [0.25, 0.3) is 0 Å². The third kappa shape index (κ3) is 4.55. The van der Waals surface area contributed by atoms with Crippen LogP contribution in [-0.4, -0.2) is 29.2 Å². The molecule has 0 aliphatic rings. The Morgan fingerprint density at radius 2 is 2.26 bits per heavy atom. The van der Waals surface area contributed by atoms with Gasteiger partial charge in [-0.25, -0.2) is 0 Å². The van der Waals surface area contributed by atoms with Gasteiger partial charge in [0, 0.05) is 12.5 Å². The smallest absolute Gasteiger partial charge is 0.273 e. The monoisotopic (exact) mass is 268 g/mol. The van der Waals surface area contributed by atoms with Gasteiger partial charge >= 0.3 is 0 Å². The first kappa shape index (κ1) is 14.9. The van der Waals surface area contributed by atoms with E-state index >= 15 is 0 Å². The summed E-state index contributed by atoms with van der Waals surface area (Å²) in [5, 5.41) is 22.3. The zero-order valence-corrected chi connectivity index (χ0v) is 10.8. The highest BCUT2D eigenvalue weighted by atomic mass is 16.6. The summed E-state index contributed by atoms with van der Waals surface area (Å²) in [6, 6.07) is 3.94. The molecule has 1 amide bonds. The third-order valence-corrected chi connectivity index (χ3v) is 2.46. The number of non-ortho nitro benzene ring substituents is 1. The van der Waals surface area contributed by atoms with Crippen LogP contribution < -0.4 is 10.1 Å². The van der Waals surface area contributed by atoms with Gasteiger partial charge in [0.2, 0.25) is 5.91 Å². The molecule has 0 radical (unpaired) electrons. The maximum Gasteiger partial charge on any atom is 0.273 e. The standard InChI is InChI=1S/C12H16N2O5/c1-8(15)3-6-12(16)13-10-5-4-9(14(17)18)7-11(10)19-2/h4-5,7-8,15H,3,6H2,1-2H3,(H,13,16). The number of hydrogen-bond donors (Lipinski definition) is 2. The topological polar surface area (TPSA) is 102 Å². The van der Waals surface area contributed by atoms with E-state index in [-0.39, 0.29) is 23.8 Å². The van der Waals surface area contributed by atoms with Crippen LogP contribution in [0, 0.1) is 10.1 Å². The summed E-state index contributed by atoms with van der Waals surface area (Å²) in [7, 11) is 1.37. The Morgan fingerprint density at radius 3 is 2.79 bits per heavy atom. The van der Waals surface area contributed by atoms with E-state index in [1.54, 1.807) is 6.92 Å². The fraction of sp³-hybridized carbons (Fsp3) is 0.417. The number of carbonyl (C=O) groups excluding carboxylic acids is 1. The average molecular weight is 268 g/mol. The SMILES string of the molecule is COc1cc([N+](=O)[O-])ccc1NC(=O)CCC(C)O. The van der Waals surface area contributed by atoms with E-state index in [4.69, 9.17) is 9.84 Å². The molecule has 0 aromatic heterocycles. The van der Waals surface area contributed by atoms with Crippen molar-refractivity contribution in [3.05, 3.63) is 28.3 Å². The lowest BCUT2D eigenvalue weighted by Gasteiger charge is -2.10. The molecule has 1 rings (SSSR count). The van der Waals surface area contributed by atoms with E-state index in [2.05, 4.69) is 5.32 Å². The minimum absolute atomic E-state index is 0.112. The first-order chi connectivity index (χ1) is 8.93. The summed E-state index contributed by atoms with van der Waals surface area (Å²) in [4.78, 5) is 21.7. The van der Waals surface area contributed by atoms with Crippen molar-refractivity contribution in [2.45, 2.75) is 25.9 Å². The molecule has 1 aromatic carbocycles. The normalized spacial score (nSPS) is 11.7. The van der Waals surface area contributed by atoms with Crippen molar-refractivity contribution in [2.24, 2.45) is 0 Å². The molecule has 1 aromatic rings. The van der Waals surface area contributed by atoms with Crippen molar-refractivity contribution >= 4 is 17.3 Å². The maximum absolute atomic E-state index is 11.6. The number of anilines is 1. The fourth-order valence-electron chi connectivity index (χ4n) is 1.45. The molecule has 0 bridgehead atoms. The summed E-state index contributed by atoms with van der Waals surface area (Å²) in [5.74, 6) is -0.0624. The van der Waals surface area contributed by atoms with Crippen molar-refractivity contribution in [2.75, 3.05) is 12.4 Å². The lowest BCUT2D eigenvalue weighted by Crippen LogP contribution is -2.14. The molecule has 0 saturated heterocycles. The molecule has 104 valence electrons. The molecule has 7 nitrogen and oxygen atoms in total. The number of carbonyl (C=O) groups is 1. The number of hydrogen-bond acceptors (Lipinski definition) is 5. The van der Waals surface area contributed by atoms with Gasteiger partial charge < -0.3 is 15.2 Å². The highest BCUT2D eigenvalue weighted by Gasteiger charge is 2.13. The van der Waals surface area contributed by atoms with Gasteiger partial charge in [0.15, 0.2) is 0 Å². The van der Waals surface area contributed by atoms with Gasteiger partial charge in [-0.1, -0.05) is 0 Å². The van der Waals surface area contributed by atoms with Crippen LogP contribution in [0.5, 0.6) is 5.75 Å². The summed E-state index contributed by atoms with van der Waals surface area (Å²) in [6.07, 6.45) is -0.0385. The Balaban J connectivity index is 2.78. The zero-order chi connectivity index (χ0) is 14.4. The number of aliphatic hydroxyl groups excluding tert-OH is 1. The van der Waals surface area contributed by atoms with Gasteiger partial charge in [-0.2, -0.15) is 0 Å². The second-order valence-corrected chi connectivity index (χ2v) is 4.08. The lowest BCUT2D eigenvalue weighted by atomic mass is 10.2. The Bertz CT molecular complexity index is 473. The zero-order valence-electron chi connectivity index (χ0n) is 10.8. The number of nitro groups is 1. The molecule has 0 aliphatic heterocycles. The molecule has 0 fully saturated rings. The molecule has 0 spiro atoms. The number of rotatable bonds is 6. The number of ether oxygens (including phenoxy) is 1. The lowest BCUT2D eigenvalue weighted by molar-refractivity contribution is -0.384. The van der Waals surface area contributed by atoms with E-state index in [1.807, 2.05) is 0 Å². The summed E-state index contributed by atoms with van der Waals surface area (Å²) in [5.41, 5.74) is 0.252. The number of amides is 1. The van der Waals surface area contributed by atoms with Crippen LogP contribution in [0.1, 0.15) is 19.8 Å². The highest BCUT2D eigenvalue weighted by molar-refractivity contribution is 5.92. The second-order valence-electron chi connectivity index (χ2n) is 4.08. The summed E-state index contributed by atoms with van der Waals surface area (Å²) >= 11 is 0. The van der Waals surface area contributed by atoms with E-state index in [1.165, 1.54) is 25.3 Å². The van der Waals surface area contributed by atoms with E-state index in [9.17, 15) is 14.9 Å². The second kappa shape index (κ2) is 6.69. The molecule has 19 heavy (non-hydrogen) atoms. The number of nitrogens with one attached hydrogen (secondary N) is 1. The van der Waals surface area contributed by atoms with Crippen molar-refractivity contribution < 1.29 is 19.6 Å². The van der Waals surface area contributed by atoms with Gasteiger partial charge in [-0.3, -0.25) is 14.9 Å². The predicted octanol–water partition coefficient (Wildman–Crippen LogP) is 1.70. The molecule has 1 unspecified atom stereocenters. The first-order valence-electron chi connectivity index (χ1n) is 5.74. The van der Waals surface area contributed by atoms with E-state index < -0.39 is 11.0 Å². The molecular formula is C12H16N2O5. The van der Waals surface area contributed by atoms with E-state index in [0.29, 0.717) is 12.1 Å². The Kier molecular flexibility index (Phi) is 5.25. The van der Waals surface area contributed by atoms with Crippen LogP contribution in [0.15, 0.2) is 18.2 Å². The number of nitrogens with zero attached hydrogens (tertiary/aromatic N) is 1. The van der Waals surface area contributed by atoms with Crippen LogP contribution >= 0.6 is 0 Å². The van der Waals surface area contributed by atoms with Gasteiger partial charge in [0.1, 0.15) is 5.75 Å². The van der Waals surface area contributed by atoms with Crippen molar-refractivity contribution in [1.29, 1.82) is 0 Å². The molecule has 0 aliphatic carbocycles. The molecule has 1 atom stereocenters. The van der Waals surface area contributed by atoms with Crippen molar-refractivity contribution in [3.8, 4) is 5.75 Å². The molecule has 7 heteroatoms. The van der Waals surface area contributed by atoms with Crippen LogP contribution in [0.3, 0.4) is 0 Å². The number of aliphatic hydroxyl groups is 1. The van der Waals surface area contributed by atoms with Gasteiger partial charge in [0.25, 0.3) is 5.69 Å². The third-order valence-electron chi connectivity index (χ3n) is 2.46. The predicted molar refractivity (Wildman–Crippen MR) is 69.2 cm³/mol. The van der Waals surface area contributed by atoms with Crippen LogP contribution in [-0.2, 0) is 4.79 Å². The molecule has 0 heterocycles. The van der Waals surface area contributed by atoms with Gasteiger partial charge in [-0.05, 0) is 19.4 Å². The Morgan fingerprint density at radius 1 is 1.58 bits per heavy atom. The molecule has 0 saturated carbocycles. The Hall–Kier alpha value is -2.15. The molecule has 2 N–H and O–H groups in total. The largest absolute Gasteiger partial charge is 0.494 e. The number of methoxy groups -OCH3 is 1. The van der Waals surface area contributed by atoms with E-state index in [0.717, 1.165) is 0 Å². The highest BCUT2D eigenvalue weighted by Crippen LogP contribution is 2.29. The molecular weight excluding hydrogens is 252 g/mol. The van der Waals surface area contributed by atoms with Crippen LogP contribution in [0.2, 0.25) is 0 Å². The van der Waals surface area contributed by atoms with Crippen molar-refractivity contribution in [1.82, 2.24) is 0 Å². The van der Waals surface area contributed by atoms with Gasteiger partial charge in [0.05, 0.1) is 29.9 Å². The minimum Gasteiger partial charge on any atom is -0.494 e. The summed E-state index contributed by atoms with van der Waals surface area (Å²) in [6.45, 7) is 1.60. The van der Waals surface area contributed by atoms with Crippen molar-refractivity contribution in [3.63, 3.8) is 0 Å². The Labute approximate surface area is 110 Å². The van der Waals surface area contributed by atoms with Crippen LogP contribution in [0.4, 0.5) is 11.4 Å². The van der Waals surface area contributed by atoms with Gasteiger partial charge in [-0.15, -0.1) is 0 Å².